The van der Waals surface area contributed by atoms with Gasteiger partial charge in [-0.1, -0.05) is 83.8 Å². The molecular weight excluding hydrogens is 455 g/mol. The summed E-state index contributed by atoms with van der Waals surface area (Å²) in [5, 5.41) is -0.533. The molecule has 0 saturated heterocycles. The van der Waals surface area contributed by atoms with E-state index in [9.17, 15) is 14.4 Å². The average molecular weight is 496 g/mol. The molecule has 2 rings (SSSR count). The summed E-state index contributed by atoms with van der Waals surface area (Å²) in [7, 11) is 0. The Morgan fingerprint density at radius 2 is 1.13 bits per heavy atom. The predicted octanol–water partition coefficient (Wildman–Crippen LogP) is 8.58. The molecule has 0 heterocycles. The van der Waals surface area contributed by atoms with Crippen LogP contribution in [0.3, 0.4) is 0 Å². The summed E-state index contributed by atoms with van der Waals surface area (Å²) in [6.07, 6.45) is 20.7. The first-order valence-electron chi connectivity index (χ1n) is 12.1. The van der Waals surface area contributed by atoms with E-state index in [-0.39, 0.29) is 21.6 Å². The van der Waals surface area contributed by atoms with Gasteiger partial charge in [-0.05, 0) is 72.3 Å². The number of rotatable bonds is 14. The van der Waals surface area contributed by atoms with Gasteiger partial charge in [0.25, 0.3) is 0 Å². The van der Waals surface area contributed by atoms with Crippen molar-refractivity contribution in [1.29, 1.82) is 0 Å². The standard InChI is InChI=1S/C9H17ClO.C8H9ClO.C8H15ClO/c1-2-3-4-5-6-7-8-9(10)11;9-8(10)7-4-5-1-2-6(7)3-5;1-2-3-4-5-6-7-8(9)10/h2-8H2,1H3;1-2,5-7H,3-4H2;2-7H2,1H3. The maximum absolute atomic E-state index is 10.8. The van der Waals surface area contributed by atoms with E-state index >= 15 is 0 Å². The Labute approximate surface area is 204 Å². The Morgan fingerprint density at radius 3 is 1.42 bits per heavy atom. The summed E-state index contributed by atoms with van der Waals surface area (Å²) in [5.74, 6) is 1.25. The first kappa shape index (κ1) is 30.6. The second kappa shape index (κ2) is 20.2. The van der Waals surface area contributed by atoms with Gasteiger partial charge in [-0.15, -0.1) is 0 Å². The largest absolute Gasteiger partial charge is 0.281 e. The average Bonchev–Trinajstić information content (AvgIpc) is 3.35. The lowest BCUT2D eigenvalue weighted by Gasteiger charge is -2.11. The molecule has 3 unspecified atom stereocenters. The highest BCUT2D eigenvalue weighted by Gasteiger charge is 2.38. The van der Waals surface area contributed by atoms with Crippen LogP contribution in [-0.4, -0.2) is 15.7 Å². The zero-order valence-electron chi connectivity index (χ0n) is 19.4. The molecule has 0 N–H and O–H groups in total. The normalized spacial score (nSPS) is 20.5. The van der Waals surface area contributed by atoms with Crippen molar-refractivity contribution in [2.45, 2.75) is 110 Å². The van der Waals surface area contributed by atoms with Gasteiger partial charge >= 0.3 is 0 Å². The van der Waals surface area contributed by atoms with Crippen LogP contribution in [0.15, 0.2) is 12.2 Å². The minimum atomic E-state index is -0.198. The van der Waals surface area contributed by atoms with Crippen molar-refractivity contribution in [2.75, 3.05) is 0 Å². The van der Waals surface area contributed by atoms with Crippen LogP contribution >= 0.6 is 34.8 Å². The fraction of sp³-hybridized carbons (Fsp3) is 0.800. The van der Waals surface area contributed by atoms with E-state index < -0.39 is 0 Å². The molecule has 2 bridgehead atoms. The first-order valence-corrected chi connectivity index (χ1v) is 13.2. The van der Waals surface area contributed by atoms with E-state index in [0.717, 1.165) is 38.5 Å². The minimum absolute atomic E-state index is 0.136. The van der Waals surface area contributed by atoms with Crippen molar-refractivity contribution in [3.8, 4) is 0 Å². The SMILES string of the molecule is CCCCCCCC(=O)Cl.CCCCCCCCC(=O)Cl.O=C(Cl)C1CC2C=CC1C2. The summed E-state index contributed by atoms with van der Waals surface area (Å²) < 4.78 is 0. The maximum atomic E-state index is 10.8. The van der Waals surface area contributed by atoms with E-state index in [2.05, 4.69) is 26.0 Å². The Kier molecular flexibility index (Phi) is 20.0. The smallest absolute Gasteiger partial charge is 0.225 e. The van der Waals surface area contributed by atoms with Crippen molar-refractivity contribution in [3.63, 3.8) is 0 Å². The van der Waals surface area contributed by atoms with E-state index in [4.69, 9.17) is 34.8 Å². The molecule has 180 valence electrons. The monoisotopic (exact) mass is 494 g/mol. The molecule has 2 aliphatic carbocycles. The maximum Gasteiger partial charge on any atom is 0.225 e. The summed E-state index contributed by atoms with van der Waals surface area (Å²) in [5.41, 5.74) is 0. The number of unbranched alkanes of at least 4 members (excludes halogenated alkanes) is 9. The van der Waals surface area contributed by atoms with Gasteiger partial charge in [-0.2, -0.15) is 0 Å². The Morgan fingerprint density at radius 1 is 0.677 bits per heavy atom. The summed E-state index contributed by atoms with van der Waals surface area (Å²) >= 11 is 15.7. The van der Waals surface area contributed by atoms with Gasteiger partial charge < -0.3 is 0 Å². The molecule has 31 heavy (non-hydrogen) atoms. The van der Waals surface area contributed by atoms with Crippen LogP contribution in [0, 0.1) is 17.8 Å². The lowest BCUT2D eigenvalue weighted by atomic mass is 9.95. The zero-order valence-corrected chi connectivity index (χ0v) is 21.6. The van der Waals surface area contributed by atoms with E-state index in [0.29, 0.717) is 24.7 Å². The van der Waals surface area contributed by atoms with Crippen LogP contribution in [0.4, 0.5) is 0 Å². The van der Waals surface area contributed by atoms with E-state index in [1.165, 1.54) is 44.9 Å². The molecule has 1 saturated carbocycles. The molecule has 3 nitrogen and oxygen atoms in total. The molecular formula is C25H41Cl3O3. The second-order valence-electron chi connectivity index (χ2n) is 8.58. The summed E-state index contributed by atoms with van der Waals surface area (Å²) in [4.78, 5) is 31.3. The second-order valence-corrected chi connectivity index (χ2v) is 9.80. The van der Waals surface area contributed by atoms with Crippen molar-refractivity contribution in [2.24, 2.45) is 17.8 Å². The molecule has 0 aromatic heterocycles. The fourth-order valence-electron chi connectivity index (χ4n) is 3.95. The van der Waals surface area contributed by atoms with Gasteiger partial charge in [0.2, 0.25) is 15.7 Å². The van der Waals surface area contributed by atoms with Crippen molar-refractivity contribution in [3.05, 3.63) is 12.2 Å². The predicted molar refractivity (Wildman–Crippen MR) is 133 cm³/mol. The van der Waals surface area contributed by atoms with Crippen LogP contribution in [-0.2, 0) is 14.4 Å². The third-order valence-electron chi connectivity index (χ3n) is 5.77. The number of carbonyl (C=O) groups is 3. The number of allylic oxidation sites excluding steroid dienone is 2. The molecule has 0 aromatic rings. The number of carbonyl (C=O) groups excluding carboxylic acids is 3. The third-order valence-corrected chi connectivity index (χ3v) is 6.43. The number of hydrogen-bond donors (Lipinski definition) is 0. The highest BCUT2D eigenvalue weighted by Crippen LogP contribution is 2.44. The quantitative estimate of drug-likeness (QED) is 0.138. The molecule has 0 amide bonds. The highest BCUT2D eigenvalue weighted by molar-refractivity contribution is 6.64. The Bertz CT molecular complexity index is 534. The first-order chi connectivity index (χ1) is 14.8. The molecule has 6 heteroatoms. The van der Waals surface area contributed by atoms with Crippen molar-refractivity contribution < 1.29 is 14.4 Å². The molecule has 0 aromatic carbocycles. The number of fused-ring (bicyclic) bond motifs is 2. The fourth-order valence-corrected chi connectivity index (χ4v) is 4.47. The van der Waals surface area contributed by atoms with Gasteiger partial charge in [-0.3, -0.25) is 14.4 Å². The molecule has 0 radical (unpaired) electrons. The van der Waals surface area contributed by atoms with Gasteiger partial charge in [0.1, 0.15) is 0 Å². The van der Waals surface area contributed by atoms with Crippen LogP contribution in [0.2, 0.25) is 0 Å². The Balaban J connectivity index is 0.000000436. The summed E-state index contributed by atoms with van der Waals surface area (Å²) in [6, 6.07) is 0. The topological polar surface area (TPSA) is 51.2 Å². The van der Waals surface area contributed by atoms with Gasteiger partial charge in [0.15, 0.2) is 0 Å². The highest BCUT2D eigenvalue weighted by atomic mass is 35.5. The lowest BCUT2D eigenvalue weighted by molar-refractivity contribution is -0.116. The minimum Gasteiger partial charge on any atom is -0.281 e. The van der Waals surface area contributed by atoms with Gasteiger partial charge in [0.05, 0.1) is 0 Å². The Hall–Kier alpha value is -0.380. The van der Waals surface area contributed by atoms with E-state index in [1.54, 1.807) is 0 Å². The van der Waals surface area contributed by atoms with Crippen LogP contribution in [0.5, 0.6) is 0 Å². The lowest BCUT2D eigenvalue weighted by Crippen LogP contribution is -2.13. The molecule has 0 aliphatic heterocycles. The molecule has 0 spiro atoms. The van der Waals surface area contributed by atoms with Crippen molar-refractivity contribution in [1.82, 2.24) is 0 Å². The van der Waals surface area contributed by atoms with Crippen LogP contribution in [0.25, 0.3) is 0 Å². The molecule has 3 atom stereocenters. The number of halogens is 3. The third kappa shape index (κ3) is 17.8. The van der Waals surface area contributed by atoms with Crippen molar-refractivity contribution >= 4 is 50.5 Å². The zero-order chi connectivity index (χ0) is 23.5. The number of hydrogen-bond acceptors (Lipinski definition) is 3. The summed E-state index contributed by atoms with van der Waals surface area (Å²) in [6.45, 7) is 4.37. The van der Waals surface area contributed by atoms with Gasteiger partial charge in [-0.25, -0.2) is 0 Å². The van der Waals surface area contributed by atoms with E-state index in [1.807, 2.05) is 0 Å². The molecule has 2 aliphatic rings. The molecule has 1 fully saturated rings. The van der Waals surface area contributed by atoms with Crippen LogP contribution < -0.4 is 0 Å². The van der Waals surface area contributed by atoms with Crippen LogP contribution in [0.1, 0.15) is 110 Å². The van der Waals surface area contributed by atoms with Gasteiger partial charge in [0, 0.05) is 18.8 Å².